The molecule has 17 heavy (non-hydrogen) atoms. The summed E-state index contributed by atoms with van der Waals surface area (Å²) in [5.41, 5.74) is 0.313. The van der Waals surface area contributed by atoms with E-state index in [9.17, 15) is 0 Å². The SMILES string of the molecule is CCC1(c2nc(C3CC3(C)C)no2)CCCN1. The maximum atomic E-state index is 5.51. The minimum Gasteiger partial charge on any atom is -0.337 e. The zero-order valence-corrected chi connectivity index (χ0v) is 10.9. The predicted molar refractivity (Wildman–Crippen MR) is 64.6 cm³/mol. The summed E-state index contributed by atoms with van der Waals surface area (Å²) in [6, 6.07) is 0. The Bertz CT molecular complexity index is 418. The molecular weight excluding hydrogens is 214 g/mol. The summed E-state index contributed by atoms with van der Waals surface area (Å²) >= 11 is 0. The second-order valence-electron chi connectivity index (χ2n) is 6.17. The van der Waals surface area contributed by atoms with E-state index in [-0.39, 0.29) is 5.54 Å². The van der Waals surface area contributed by atoms with Crippen molar-refractivity contribution in [3.05, 3.63) is 11.7 Å². The molecule has 1 aliphatic heterocycles. The third kappa shape index (κ3) is 1.69. The van der Waals surface area contributed by atoms with Crippen LogP contribution in [0.5, 0.6) is 0 Å². The van der Waals surface area contributed by atoms with E-state index >= 15 is 0 Å². The fourth-order valence-corrected chi connectivity index (χ4v) is 2.92. The standard InChI is InChI=1S/C13H21N3O/c1-4-13(6-5-7-14-13)11-15-10(16-17-11)9-8-12(9,2)3/h9,14H,4-8H2,1-3H3. The van der Waals surface area contributed by atoms with Gasteiger partial charge in [0.15, 0.2) is 5.82 Å². The lowest BCUT2D eigenvalue weighted by Gasteiger charge is -2.22. The first-order valence-corrected chi connectivity index (χ1v) is 6.66. The minimum absolute atomic E-state index is 0.0513. The van der Waals surface area contributed by atoms with Gasteiger partial charge < -0.3 is 9.84 Å². The van der Waals surface area contributed by atoms with Crippen LogP contribution in [0.4, 0.5) is 0 Å². The third-order valence-electron chi connectivity index (χ3n) is 4.52. The highest BCUT2D eigenvalue weighted by Gasteiger charge is 2.50. The topological polar surface area (TPSA) is 51.0 Å². The average molecular weight is 235 g/mol. The lowest BCUT2D eigenvalue weighted by Crippen LogP contribution is -2.36. The lowest BCUT2D eigenvalue weighted by molar-refractivity contribution is 0.249. The van der Waals surface area contributed by atoms with Gasteiger partial charge >= 0.3 is 0 Å². The van der Waals surface area contributed by atoms with Crippen molar-refractivity contribution in [3.8, 4) is 0 Å². The van der Waals surface area contributed by atoms with Gasteiger partial charge in [0.1, 0.15) is 0 Å². The molecule has 2 heterocycles. The molecule has 2 fully saturated rings. The molecule has 1 saturated heterocycles. The van der Waals surface area contributed by atoms with Gasteiger partial charge in [-0.2, -0.15) is 4.98 Å². The van der Waals surface area contributed by atoms with E-state index in [0.29, 0.717) is 11.3 Å². The van der Waals surface area contributed by atoms with Crippen LogP contribution in [-0.4, -0.2) is 16.7 Å². The van der Waals surface area contributed by atoms with Crippen molar-refractivity contribution in [3.63, 3.8) is 0 Å². The van der Waals surface area contributed by atoms with Crippen molar-refractivity contribution in [1.29, 1.82) is 0 Å². The Labute approximate surface area is 102 Å². The highest BCUT2D eigenvalue weighted by molar-refractivity contribution is 5.16. The summed E-state index contributed by atoms with van der Waals surface area (Å²) in [6.07, 6.45) is 4.50. The Morgan fingerprint density at radius 1 is 1.47 bits per heavy atom. The molecule has 2 aliphatic rings. The molecule has 1 saturated carbocycles. The largest absolute Gasteiger partial charge is 0.337 e. The molecule has 1 N–H and O–H groups in total. The first kappa shape index (κ1) is 11.2. The molecule has 4 heteroatoms. The molecule has 3 rings (SSSR count). The van der Waals surface area contributed by atoms with E-state index in [0.717, 1.165) is 31.1 Å². The normalized spacial score (nSPS) is 35.1. The number of hydrogen-bond donors (Lipinski definition) is 1. The second kappa shape index (κ2) is 3.55. The molecule has 0 spiro atoms. The fraction of sp³-hybridized carbons (Fsp3) is 0.846. The monoisotopic (exact) mass is 235 g/mol. The molecule has 1 aromatic heterocycles. The number of rotatable bonds is 3. The van der Waals surface area contributed by atoms with Crippen LogP contribution in [0, 0.1) is 5.41 Å². The molecule has 1 aromatic rings. The van der Waals surface area contributed by atoms with E-state index in [1.807, 2.05) is 0 Å². The summed E-state index contributed by atoms with van der Waals surface area (Å²) in [6.45, 7) is 7.76. The number of nitrogens with one attached hydrogen (secondary N) is 1. The van der Waals surface area contributed by atoms with E-state index in [2.05, 4.69) is 36.2 Å². The second-order valence-corrected chi connectivity index (χ2v) is 6.17. The molecular formula is C13H21N3O. The maximum absolute atomic E-state index is 5.51. The molecule has 0 radical (unpaired) electrons. The van der Waals surface area contributed by atoms with E-state index in [1.54, 1.807) is 0 Å². The molecule has 2 atom stereocenters. The van der Waals surface area contributed by atoms with Gasteiger partial charge in [-0.25, -0.2) is 0 Å². The van der Waals surface area contributed by atoms with Crippen LogP contribution < -0.4 is 5.32 Å². The number of hydrogen-bond acceptors (Lipinski definition) is 4. The van der Waals surface area contributed by atoms with Crippen LogP contribution >= 0.6 is 0 Å². The van der Waals surface area contributed by atoms with Gasteiger partial charge in [0.25, 0.3) is 0 Å². The van der Waals surface area contributed by atoms with Gasteiger partial charge in [0.05, 0.1) is 5.54 Å². The van der Waals surface area contributed by atoms with Crippen molar-refractivity contribution in [2.45, 2.75) is 57.9 Å². The van der Waals surface area contributed by atoms with Crippen molar-refractivity contribution in [2.24, 2.45) is 5.41 Å². The molecule has 0 amide bonds. The van der Waals surface area contributed by atoms with Gasteiger partial charge in [0, 0.05) is 5.92 Å². The number of aromatic nitrogens is 2. The Hall–Kier alpha value is -0.900. The van der Waals surface area contributed by atoms with Crippen LogP contribution in [0.1, 0.15) is 64.1 Å². The molecule has 1 aliphatic carbocycles. The van der Waals surface area contributed by atoms with Crippen LogP contribution in [0.3, 0.4) is 0 Å². The Kier molecular flexibility index (Phi) is 2.34. The molecule has 0 bridgehead atoms. The smallest absolute Gasteiger partial charge is 0.246 e. The Balaban J connectivity index is 1.85. The fourth-order valence-electron chi connectivity index (χ4n) is 2.92. The average Bonchev–Trinajstić information content (AvgIpc) is 2.82. The van der Waals surface area contributed by atoms with Crippen molar-refractivity contribution in [1.82, 2.24) is 15.5 Å². The zero-order valence-electron chi connectivity index (χ0n) is 10.9. The van der Waals surface area contributed by atoms with Gasteiger partial charge in [-0.1, -0.05) is 25.9 Å². The molecule has 94 valence electrons. The molecule has 4 nitrogen and oxygen atoms in total. The highest BCUT2D eigenvalue weighted by atomic mass is 16.5. The van der Waals surface area contributed by atoms with Crippen LogP contribution in [0.15, 0.2) is 4.52 Å². The number of nitrogens with zero attached hydrogens (tertiary/aromatic N) is 2. The van der Waals surface area contributed by atoms with Crippen molar-refractivity contribution in [2.75, 3.05) is 6.54 Å². The summed E-state index contributed by atoms with van der Waals surface area (Å²) < 4.78 is 5.51. The predicted octanol–water partition coefficient (Wildman–Crippen LogP) is 2.57. The molecule has 0 aromatic carbocycles. The third-order valence-corrected chi connectivity index (χ3v) is 4.52. The van der Waals surface area contributed by atoms with E-state index in [4.69, 9.17) is 4.52 Å². The lowest BCUT2D eigenvalue weighted by atomic mass is 9.94. The maximum Gasteiger partial charge on any atom is 0.246 e. The Morgan fingerprint density at radius 3 is 2.76 bits per heavy atom. The minimum atomic E-state index is -0.0513. The van der Waals surface area contributed by atoms with Gasteiger partial charge in [0.2, 0.25) is 5.89 Å². The van der Waals surface area contributed by atoms with E-state index in [1.165, 1.54) is 12.8 Å². The van der Waals surface area contributed by atoms with Crippen molar-refractivity contribution >= 4 is 0 Å². The van der Waals surface area contributed by atoms with Gasteiger partial charge in [-0.05, 0) is 37.6 Å². The van der Waals surface area contributed by atoms with Crippen LogP contribution in [0.25, 0.3) is 0 Å². The summed E-state index contributed by atoms with van der Waals surface area (Å²) in [5.74, 6) is 2.21. The van der Waals surface area contributed by atoms with Gasteiger partial charge in [-0.15, -0.1) is 0 Å². The van der Waals surface area contributed by atoms with E-state index < -0.39 is 0 Å². The highest BCUT2D eigenvalue weighted by Crippen LogP contribution is 2.57. The van der Waals surface area contributed by atoms with Crippen LogP contribution in [-0.2, 0) is 5.54 Å². The van der Waals surface area contributed by atoms with Crippen LogP contribution in [0.2, 0.25) is 0 Å². The quantitative estimate of drug-likeness (QED) is 0.874. The summed E-state index contributed by atoms with van der Waals surface area (Å²) in [5, 5.41) is 7.72. The first-order chi connectivity index (χ1) is 8.07. The van der Waals surface area contributed by atoms with Crippen molar-refractivity contribution < 1.29 is 4.52 Å². The zero-order chi connectivity index (χ0) is 12.1. The van der Waals surface area contributed by atoms with Gasteiger partial charge in [-0.3, -0.25) is 0 Å². The summed E-state index contributed by atoms with van der Waals surface area (Å²) in [4.78, 5) is 4.65. The molecule has 2 unspecified atom stereocenters. The Morgan fingerprint density at radius 2 is 2.24 bits per heavy atom. The first-order valence-electron chi connectivity index (χ1n) is 6.66. The summed E-state index contributed by atoms with van der Waals surface area (Å²) in [7, 11) is 0.